The van der Waals surface area contributed by atoms with Gasteiger partial charge in [-0.05, 0) is 19.1 Å². The Morgan fingerprint density at radius 3 is 1.91 bits per heavy atom. The molecule has 0 radical (unpaired) electrons. The minimum absolute atomic E-state index is 0.0672. The van der Waals surface area contributed by atoms with Gasteiger partial charge in [0.2, 0.25) is 9.84 Å². The zero-order valence-corrected chi connectivity index (χ0v) is 28.8. The summed E-state index contributed by atoms with van der Waals surface area (Å²) < 4.78 is 79.8. The summed E-state index contributed by atoms with van der Waals surface area (Å²) in [6.07, 6.45) is -30.7. The number of ether oxygens (including phenoxy) is 9. The van der Waals surface area contributed by atoms with Crippen molar-refractivity contribution in [2.75, 3.05) is 26.4 Å². The molecule has 6 saturated heterocycles. The molecule has 22 heteroatoms. The first kappa shape index (κ1) is 39.6. The van der Waals surface area contributed by atoms with Gasteiger partial charge in [0, 0.05) is 0 Å². The van der Waals surface area contributed by atoms with Crippen LogP contribution in [0.5, 0.6) is 0 Å². The van der Waals surface area contributed by atoms with Crippen LogP contribution in [0.15, 0.2) is 29.2 Å². The van der Waals surface area contributed by atoms with Crippen molar-refractivity contribution < 1.29 is 102 Å². The molecule has 0 aliphatic carbocycles. The number of hydrogen-bond donors (Lipinski definition) is 10. The van der Waals surface area contributed by atoms with Gasteiger partial charge in [-0.25, -0.2) is 8.42 Å². The minimum atomic E-state index is -4.98. The molecule has 7 rings (SSSR count). The van der Waals surface area contributed by atoms with E-state index in [0.717, 1.165) is 0 Å². The van der Waals surface area contributed by atoms with Crippen LogP contribution in [0.1, 0.15) is 5.56 Å². The number of aliphatic hydroxyl groups excluding tert-OH is 10. The lowest BCUT2D eigenvalue weighted by molar-refractivity contribution is -0.377. The maximum absolute atomic E-state index is 14.2. The van der Waals surface area contributed by atoms with Gasteiger partial charge in [0.1, 0.15) is 91.6 Å². The van der Waals surface area contributed by atoms with E-state index in [4.69, 9.17) is 42.6 Å². The Kier molecular flexibility index (Phi) is 11.3. The molecule has 6 fully saturated rings. The van der Waals surface area contributed by atoms with Gasteiger partial charge in [0.25, 0.3) is 0 Å². The zero-order valence-electron chi connectivity index (χ0n) is 28.0. The molecule has 0 spiro atoms. The second kappa shape index (κ2) is 15.1. The van der Waals surface area contributed by atoms with Gasteiger partial charge in [0.15, 0.2) is 25.0 Å². The Hall–Kier alpha value is -1.59. The van der Waals surface area contributed by atoms with E-state index >= 15 is 0 Å². The van der Waals surface area contributed by atoms with E-state index in [-0.39, 0.29) is 13.2 Å². The van der Waals surface area contributed by atoms with Gasteiger partial charge in [-0.1, -0.05) is 17.7 Å². The first-order valence-corrected chi connectivity index (χ1v) is 18.5. The van der Waals surface area contributed by atoms with Crippen molar-refractivity contribution in [3.63, 3.8) is 0 Å². The average Bonchev–Trinajstić information content (AvgIpc) is 3.62. The van der Waals surface area contributed by atoms with Crippen molar-refractivity contribution in [3.05, 3.63) is 29.8 Å². The average molecular weight is 785 g/mol. The molecule has 20 atom stereocenters. The summed E-state index contributed by atoms with van der Waals surface area (Å²) in [5.41, 5.74) is 0.680. The summed E-state index contributed by atoms with van der Waals surface area (Å²) in [4.78, 5) is -0.420. The number of fused-ring (bicyclic) bond motifs is 4. The smallest absolute Gasteiger partial charge is 0.309 e. The van der Waals surface area contributed by atoms with Crippen LogP contribution in [0.4, 0.5) is 0 Å². The van der Waals surface area contributed by atoms with Gasteiger partial charge >= 0.3 is 5.12 Å². The highest BCUT2D eigenvalue weighted by atomic mass is 32.2. The summed E-state index contributed by atoms with van der Waals surface area (Å²) in [6.45, 7) is -0.500. The van der Waals surface area contributed by atoms with E-state index < -0.39 is 150 Å². The summed E-state index contributed by atoms with van der Waals surface area (Å²) in [7, 11) is -4.98. The lowest BCUT2D eigenvalue weighted by Crippen LogP contribution is -2.71. The van der Waals surface area contributed by atoms with Gasteiger partial charge in [-0.15, -0.1) is 0 Å². The lowest BCUT2D eigenvalue weighted by atomic mass is 9.96. The Morgan fingerprint density at radius 1 is 0.679 bits per heavy atom. The molecule has 53 heavy (non-hydrogen) atoms. The van der Waals surface area contributed by atoms with Crippen LogP contribution in [-0.4, -0.2) is 208 Å². The molecule has 21 nitrogen and oxygen atoms in total. The monoisotopic (exact) mass is 784 g/mol. The number of aryl methyl sites for hydroxylation is 1. The molecule has 1 aromatic carbocycles. The molecule has 0 aromatic heterocycles. The molecule has 0 amide bonds. The molecule has 10 N–H and O–H groups in total. The van der Waals surface area contributed by atoms with E-state index in [1.807, 2.05) is 0 Å². The van der Waals surface area contributed by atoms with Crippen LogP contribution in [0.2, 0.25) is 0 Å². The summed E-state index contributed by atoms with van der Waals surface area (Å²) in [6, 6.07) is 5.31. The maximum atomic E-state index is 14.2. The van der Waals surface area contributed by atoms with Crippen LogP contribution in [-0.2, 0) is 52.5 Å². The Bertz CT molecular complexity index is 1530. The summed E-state index contributed by atoms with van der Waals surface area (Å²) >= 11 is 0. The quantitative estimate of drug-likeness (QED) is 0.105. The van der Waals surface area contributed by atoms with Crippen LogP contribution >= 0.6 is 0 Å². The number of hydrogen-bond acceptors (Lipinski definition) is 21. The molecular weight excluding hydrogens is 740 g/mol. The van der Waals surface area contributed by atoms with Gasteiger partial charge in [-0.2, -0.15) is 0 Å². The van der Waals surface area contributed by atoms with Crippen molar-refractivity contribution >= 4 is 9.84 Å². The third kappa shape index (κ3) is 6.64. The third-order valence-electron chi connectivity index (χ3n) is 10.5. The SMILES string of the molecule is Cc1ccc(S(=O)(=O)[C@]2(O[C@@H]3[C@H]4OC[C@@H]3O[C@@H](O[C@@H]3[C@@H](O)[C@H](O[C@@H]5[C@H]6OC[C@@H]5O[C@@H](O)[C@H]6O)O[C@H](CO)[C@H]3O)[C@H]4O)O[C@H](CO)[C@H](O)[C@H](O)[C@H]2O)cc1. The Morgan fingerprint density at radius 2 is 1.26 bits per heavy atom. The highest BCUT2D eigenvalue weighted by Crippen LogP contribution is 2.45. The molecule has 0 saturated carbocycles. The van der Waals surface area contributed by atoms with Crippen LogP contribution in [0, 0.1) is 6.92 Å². The third-order valence-corrected chi connectivity index (χ3v) is 12.6. The van der Waals surface area contributed by atoms with E-state index in [1.54, 1.807) is 6.92 Å². The highest BCUT2D eigenvalue weighted by Gasteiger charge is 2.67. The van der Waals surface area contributed by atoms with Gasteiger partial charge < -0.3 is 93.7 Å². The predicted molar refractivity (Wildman–Crippen MR) is 164 cm³/mol. The van der Waals surface area contributed by atoms with Crippen molar-refractivity contribution in [2.24, 2.45) is 0 Å². The molecule has 6 heterocycles. The fourth-order valence-corrected chi connectivity index (χ4v) is 9.25. The molecule has 6 aliphatic heterocycles. The topological polar surface area (TPSA) is 320 Å². The van der Waals surface area contributed by atoms with Crippen LogP contribution < -0.4 is 0 Å². The molecule has 0 unspecified atom stereocenters. The summed E-state index contributed by atoms with van der Waals surface area (Å²) in [5, 5.41) is 103. The molecule has 1 aromatic rings. The second-order valence-corrected chi connectivity index (χ2v) is 15.9. The van der Waals surface area contributed by atoms with Crippen molar-refractivity contribution in [1.82, 2.24) is 0 Å². The Labute approximate surface area is 301 Å². The molecule has 300 valence electrons. The van der Waals surface area contributed by atoms with Crippen LogP contribution in [0.25, 0.3) is 0 Å². The first-order chi connectivity index (χ1) is 25.1. The van der Waals surface area contributed by atoms with E-state index in [2.05, 4.69) is 0 Å². The maximum Gasteiger partial charge on any atom is 0.309 e. The fourth-order valence-electron chi connectivity index (χ4n) is 7.49. The predicted octanol–water partition coefficient (Wildman–Crippen LogP) is -6.55. The van der Waals surface area contributed by atoms with E-state index in [0.29, 0.717) is 5.56 Å². The minimum Gasteiger partial charge on any atom is -0.394 e. The number of aliphatic hydroxyl groups is 10. The van der Waals surface area contributed by atoms with E-state index in [1.165, 1.54) is 24.3 Å². The standard InChI is InChI=1S/C31H44O21S/c1-10-2-4-11(5-3-10)53(42,43)31(27(40)18(36)16(34)13(7-33)51-31)52-23-15-9-45-26(23)21(39)30(48-15)50-24-17(35)12(6-32)47-29(20(24)38)49-22-14-8-44-25(22)19(37)28(41)46-14/h2-5,12-30,32-41H,6-9H2,1H3/t12-,13-,14+,15+,16+,17-,18+,19+,20-,21+,22+,23+,24+,25+,26+,27-,28-,29+,30+,31+/m1/s1. The van der Waals surface area contributed by atoms with Crippen molar-refractivity contribution in [3.8, 4) is 0 Å². The van der Waals surface area contributed by atoms with Gasteiger partial charge in [0.05, 0.1) is 31.3 Å². The van der Waals surface area contributed by atoms with Crippen molar-refractivity contribution in [2.45, 2.75) is 133 Å². The first-order valence-electron chi connectivity index (χ1n) is 17.0. The van der Waals surface area contributed by atoms with E-state index in [9.17, 15) is 59.5 Å². The van der Waals surface area contributed by atoms with Crippen molar-refractivity contribution in [1.29, 1.82) is 0 Å². The molecule has 6 aliphatic rings. The number of benzene rings is 1. The normalized spacial score (nSPS) is 50.0. The second-order valence-electron chi connectivity index (χ2n) is 13.9. The molecule has 4 bridgehead atoms. The number of sulfone groups is 1. The van der Waals surface area contributed by atoms with Crippen LogP contribution in [0.3, 0.4) is 0 Å². The highest BCUT2D eigenvalue weighted by molar-refractivity contribution is 7.92. The summed E-state index contributed by atoms with van der Waals surface area (Å²) in [5.74, 6) is 0. The molecular formula is C31H44O21S. The largest absolute Gasteiger partial charge is 0.394 e. The number of rotatable bonds is 10. The van der Waals surface area contributed by atoms with Gasteiger partial charge in [-0.3, -0.25) is 0 Å². The lowest BCUT2D eigenvalue weighted by Gasteiger charge is -2.50. The fraction of sp³-hybridized carbons (Fsp3) is 0.806. The Balaban J connectivity index is 1.12. The zero-order chi connectivity index (χ0) is 38.1.